The van der Waals surface area contributed by atoms with Gasteiger partial charge in [0, 0.05) is 16.7 Å². The van der Waals surface area contributed by atoms with Gasteiger partial charge in [-0.05, 0) is 15.9 Å². The maximum Gasteiger partial charge on any atom is 0.207 e. The van der Waals surface area contributed by atoms with Gasteiger partial charge in [0.2, 0.25) is 17.8 Å². The summed E-state index contributed by atoms with van der Waals surface area (Å²) in [5.41, 5.74) is 24.2. The van der Waals surface area contributed by atoms with Gasteiger partial charge in [-0.25, -0.2) is 15.0 Å². The van der Waals surface area contributed by atoms with Crippen molar-refractivity contribution in [2.75, 3.05) is 17.2 Å². The Bertz CT molecular complexity index is 2670. The van der Waals surface area contributed by atoms with Gasteiger partial charge in [-0.1, -0.05) is 91.0 Å². The monoisotopic (exact) mass is 761 g/mol. The molecular formula is C35H24BrN17. The van der Waals surface area contributed by atoms with E-state index in [2.05, 4.69) is 73.6 Å². The quantitative estimate of drug-likeness (QED) is 0.222. The Morgan fingerprint density at radius 1 is 0.472 bits per heavy atom. The number of hydrogen-bond donors (Lipinski definition) is 3. The molecule has 0 amide bonds. The number of aromatic nitrogens is 12. The standard InChI is InChI=1S/2C12H8N6.C11H8BrN5/c2*13-6-9-10(8-4-2-1-3-5-8)16-12(14)18-7-15-17-11(9)18;12-8-9(7-4-2-1-3-5-7)15-11(13)17-6-14-16-10(8)17/h2*1-5,7H,(H2,14,16);1-6H,(H2,13,15). The predicted molar refractivity (Wildman–Crippen MR) is 199 cm³/mol. The van der Waals surface area contributed by atoms with E-state index in [0.29, 0.717) is 45.4 Å². The first-order valence-corrected chi connectivity index (χ1v) is 16.3. The van der Waals surface area contributed by atoms with Gasteiger partial charge in [-0.2, -0.15) is 10.5 Å². The van der Waals surface area contributed by atoms with Crippen molar-refractivity contribution >= 4 is 50.7 Å². The Morgan fingerprint density at radius 2 is 0.792 bits per heavy atom. The lowest BCUT2D eigenvalue weighted by molar-refractivity contribution is 1.08. The van der Waals surface area contributed by atoms with Crippen molar-refractivity contribution < 1.29 is 0 Å². The molecule has 53 heavy (non-hydrogen) atoms. The molecule has 6 heterocycles. The summed E-state index contributed by atoms with van der Waals surface area (Å²) in [6, 6.07) is 32.8. The van der Waals surface area contributed by atoms with E-state index in [1.165, 1.54) is 27.8 Å². The highest BCUT2D eigenvalue weighted by Crippen LogP contribution is 2.30. The highest BCUT2D eigenvalue weighted by molar-refractivity contribution is 9.10. The molecule has 0 aliphatic carbocycles. The Morgan fingerprint density at radius 3 is 1.17 bits per heavy atom. The van der Waals surface area contributed by atoms with Gasteiger partial charge in [0.1, 0.15) is 42.2 Å². The fourth-order valence-electron chi connectivity index (χ4n) is 5.29. The van der Waals surface area contributed by atoms with Crippen LogP contribution in [0.1, 0.15) is 11.1 Å². The molecule has 17 nitrogen and oxygen atoms in total. The molecule has 3 aromatic carbocycles. The van der Waals surface area contributed by atoms with Crippen LogP contribution >= 0.6 is 15.9 Å². The molecular weight excluding hydrogens is 738 g/mol. The molecule has 0 spiro atoms. The second-order valence-electron chi connectivity index (χ2n) is 10.9. The maximum atomic E-state index is 9.28. The predicted octanol–water partition coefficient (Wildman–Crippen LogP) is 4.63. The second kappa shape index (κ2) is 14.6. The molecule has 256 valence electrons. The third kappa shape index (κ3) is 6.47. The normalized spacial score (nSPS) is 10.5. The van der Waals surface area contributed by atoms with Gasteiger partial charge in [0.25, 0.3) is 0 Å². The summed E-state index contributed by atoms with van der Waals surface area (Å²) in [7, 11) is 0. The highest BCUT2D eigenvalue weighted by Gasteiger charge is 2.17. The smallest absolute Gasteiger partial charge is 0.207 e. The number of nitrogens with two attached hydrogens (primary N) is 3. The third-order valence-electron chi connectivity index (χ3n) is 7.75. The van der Waals surface area contributed by atoms with Crippen LogP contribution in [0.25, 0.3) is 50.7 Å². The maximum absolute atomic E-state index is 9.28. The van der Waals surface area contributed by atoms with Crippen molar-refractivity contribution in [1.82, 2.24) is 58.7 Å². The first-order valence-electron chi connectivity index (χ1n) is 15.5. The summed E-state index contributed by atoms with van der Waals surface area (Å²) >= 11 is 3.49. The van der Waals surface area contributed by atoms with Crippen LogP contribution < -0.4 is 17.2 Å². The van der Waals surface area contributed by atoms with Crippen LogP contribution in [0.15, 0.2) is 114 Å². The number of nitriles is 2. The van der Waals surface area contributed by atoms with Crippen LogP contribution in [0.3, 0.4) is 0 Å². The van der Waals surface area contributed by atoms with Crippen LogP contribution in [0.4, 0.5) is 17.8 Å². The SMILES string of the molecule is N#Cc1c(-c2ccccc2)nc(N)n2cnnc12.N#Cc1c(-c2ccccc2)nc(N)n2cnnc12.Nc1nc(-c2ccccc2)c(Br)c2nncn12. The molecule has 0 saturated carbocycles. The van der Waals surface area contributed by atoms with Crippen LogP contribution in [-0.4, -0.2) is 58.7 Å². The molecule has 0 saturated heterocycles. The van der Waals surface area contributed by atoms with Crippen molar-refractivity contribution in [3.63, 3.8) is 0 Å². The van der Waals surface area contributed by atoms with Gasteiger partial charge in [-0.15, -0.1) is 30.6 Å². The Balaban J connectivity index is 0.000000123. The van der Waals surface area contributed by atoms with Gasteiger partial charge in [0.05, 0.1) is 21.6 Å². The lowest BCUT2D eigenvalue weighted by Crippen LogP contribution is -2.04. The second-order valence-corrected chi connectivity index (χ2v) is 11.7. The summed E-state index contributed by atoms with van der Waals surface area (Å²) in [6.07, 6.45) is 4.41. The van der Waals surface area contributed by atoms with Crippen LogP contribution in [0, 0.1) is 22.7 Å². The number of anilines is 3. The molecule has 0 unspecified atom stereocenters. The molecule has 0 aliphatic heterocycles. The molecule has 6 N–H and O–H groups in total. The van der Waals surface area contributed by atoms with E-state index in [0.717, 1.165) is 26.9 Å². The van der Waals surface area contributed by atoms with E-state index in [9.17, 15) is 10.5 Å². The van der Waals surface area contributed by atoms with Crippen molar-refractivity contribution in [3.05, 3.63) is 126 Å². The van der Waals surface area contributed by atoms with Gasteiger partial charge in [0.15, 0.2) is 16.9 Å². The van der Waals surface area contributed by atoms with E-state index in [4.69, 9.17) is 17.2 Å². The topological polar surface area (TPSA) is 255 Å². The Kier molecular flexibility index (Phi) is 9.25. The molecule has 0 bridgehead atoms. The molecule has 18 heteroatoms. The van der Waals surface area contributed by atoms with Crippen LogP contribution in [-0.2, 0) is 0 Å². The Labute approximate surface area is 307 Å². The van der Waals surface area contributed by atoms with Crippen LogP contribution in [0.5, 0.6) is 0 Å². The molecule has 9 aromatic rings. The van der Waals surface area contributed by atoms with Crippen LogP contribution in [0.2, 0.25) is 0 Å². The fraction of sp³-hybridized carbons (Fsp3) is 0. The lowest BCUT2D eigenvalue weighted by Gasteiger charge is -2.06. The Hall–Kier alpha value is -7.83. The zero-order valence-electron chi connectivity index (χ0n) is 27.3. The molecule has 0 atom stereocenters. The number of rotatable bonds is 3. The minimum atomic E-state index is 0.257. The van der Waals surface area contributed by atoms with Crippen molar-refractivity contribution in [3.8, 4) is 45.9 Å². The van der Waals surface area contributed by atoms with Gasteiger partial charge >= 0.3 is 0 Å². The molecule has 0 fully saturated rings. The summed E-state index contributed by atoms with van der Waals surface area (Å²) in [4.78, 5) is 12.9. The molecule has 6 aromatic heterocycles. The van der Waals surface area contributed by atoms with Gasteiger partial charge in [-0.3, -0.25) is 13.2 Å². The minimum Gasteiger partial charge on any atom is -0.369 e. The van der Waals surface area contributed by atoms with E-state index in [-0.39, 0.29) is 11.9 Å². The number of nitrogen functional groups attached to an aromatic ring is 3. The number of halogens is 1. The van der Waals surface area contributed by atoms with E-state index in [1.807, 2.05) is 91.0 Å². The summed E-state index contributed by atoms with van der Waals surface area (Å²) in [5.74, 6) is 0.882. The first-order chi connectivity index (χ1) is 25.9. The first kappa shape index (κ1) is 33.7. The summed E-state index contributed by atoms with van der Waals surface area (Å²) < 4.78 is 5.40. The van der Waals surface area contributed by atoms with Crippen molar-refractivity contribution in [2.24, 2.45) is 0 Å². The van der Waals surface area contributed by atoms with Crippen molar-refractivity contribution in [2.45, 2.75) is 0 Å². The molecule has 9 rings (SSSR count). The van der Waals surface area contributed by atoms with E-state index in [1.54, 1.807) is 4.40 Å². The number of benzene rings is 3. The van der Waals surface area contributed by atoms with E-state index >= 15 is 0 Å². The highest BCUT2D eigenvalue weighted by atomic mass is 79.9. The average Bonchev–Trinajstić information content (AvgIpc) is 4.01. The number of fused-ring (bicyclic) bond motifs is 3. The van der Waals surface area contributed by atoms with Crippen molar-refractivity contribution in [1.29, 1.82) is 10.5 Å². The summed E-state index contributed by atoms with van der Waals surface area (Å²) in [5, 5.41) is 41.7. The zero-order valence-corrected chi connectivity index (χ0v) is 28.8. The number of hydrogen-bond acceptors (Lipinski definition) is 14. The minimum absolute atomic E-state index is 0.257. The number of nitrogens with zero attached hydrogens (tertiary/aromatic N) is 14. The third-order valence-corrected chi connectivity index (χ3v) is 8.48. The zero-order chi connectivity index (χ0) is 36.9. The lowest BCUT2D eigenvalue weighted by atomic mass is 10.1. The molecule has 0 aliphatic rings. The fourth-order valence-corrected chi connectivity index (χ4v) is 5.87. The van der Waals surface area contributed by atoms with E-state index < -0.39 is 0 Å². The largest absolute Gasteiger partial charge is 0.369 e. The molecule has 0 radical (unpaired) electrons. The van der Waals surface area contributed by atoms with Gasteiger partial charge < -0.3 is 17.2 Å². The summed E-state index contributed by atoms with van der Waals surface area (Å²) in [6.45, 7) is 0. The average molecular weight is 763 g/mol.